The minimum atomic E-state index is 0.446. The molecule has 22 heavy (non-hydrogen) atoms. The van der Waals surface area contributed by atoms with E-state index in [0.29, 0.717) is 11.2 Å². The van der Waals surface area contributed by atoms with Crippen LogP contribution in [-0.4, -0.2) is 5.11 Å². The molecule has 0 spiro atoms. The number of aromatic hydroxyl groups is 1. The maximum absolute atomic E-state index is 9.77. The molecule has 2 saturated carbocycles. The molecule has 0 amide bonds. The topological polar surface area (TPSA) is 20.2 Å². The van der Waals surface area contributed by atoms with Gasteiger partial charge in [-0.05, 0) is 90.9 Å². The number of hydrogen-bond acceptors (Lipinski definition) is 1. The zero-order valence-corrected chi connectivity index (χ0v) is 14.1. The Balaban J connectivity index is 1.64. The summed E-state index contributed by atoms with van der Waals surface area (Å²) in [5, 5.41) is 9.77. The van der Waals surface area contributed by atoms with E-state index in [2.05, 4.69) is 19.9 Å². The lowest BCUT2D eigenvalue weighted by Crippen LogP contribution is -2.42. The van der Waals surface area contributed by atoms with Gasteiger partial charge in [0.15, 0.2) is 0 Å². The minimum absolute atomic E-state index is 0.446. The van der Waals surface area contributed by atoms with Gasteiger partial charge in [-0.3, -0.25) is 0 Å². The molecule has 4 rings (SSSR count). The fourth-order valence-corrected chi connectivity index (χ4v) is 6.50. The standard InChI is InChI=1S/C21H30O/c1-3-4-15-6-10-20-19-8-5-14-13-16(22)7-9-17(14)18(19)11-12-21(15,20)2/h7,9,13,15,18-20,22H,3-6,8,10-12H2,1-2H3/t15-,18?,19?,20?,21+/m0/s1. The molecule has 2 fully saturated rings. The lowest BCUT2D eigenvalue weighted by molar-refractivity contribution is 0.0257. The van der Waals surface area contributed by atoms with Crippen molar-refractivity contribution in [3.8, 4) is 5.75 Å². The van der Waals surface area contributed by atoms with Crippen LogP contribution in [0.1, 0.15) is 75.8 Å². The summed E-state index contributed by atoms with van der Waals surface area (Å²) in [6.45, 7) is 4.97. The molecule has 0 aliphatic heterocycles. The SMILES string of the molecule is CCC[C@H]1CCC2C3CCc4cc(O)ccc4C3CC[C@@]21C. The van der Waals surface area contributed by atoms with Crippen molar-refractivity contribution in [2.45, 2.75) is 71.1 Å². The molecule has 0 heterocycles. The van der Waals surface area contributed by atoms with E-state index in [1.165, 1.54) is 56.9 Å². The lowest BCUT2D eigenvalue weighted by Gasteiger charge is -2.51. The highest BCUT2D eigenvalue weighted by Gasteiger charge is 2.54. The molecule has 0 radical (unpaired) electrons. The van der Waals surface area contributed by atoms with Crippen molar-refractivity contribution >= 4 is 0 Å². The Morgan fingerprint density at radius 3 is 2.86 bits per heavy atom. The second-order valence-corrected chi connectivity index (χ2v) is 8.41. The number of rotatable bonds is 2. The smallest absolute Gasteiger partial charge is 0.115 e. The summed E-state index contributed by atoms with van der Waals surface area (Å²) >= 11 is 0. The summed E-state index contributed by atoms with van der Waals surface area (Å²) < 4.78 is 0. The number of fused-ring (bicyclic) bond motifs is 5. The van der Waals surface area contributed by atoms with Crippen molar-refractivity contribution in [2.75, 3.05) is 0 Å². The molecule has 3 aliphatic rings. The van der Waals surface area contributed by atoms with Gasteiger partial charge in [-0.25, -0.2) is 0 Å². The zero-order valence-electron chi connectivity index (χ0n) is 14.1. The molecule has 0 saturated heterocycles. The summed E-state index contributed by atoms with van der Waals surface area (Å²) in [7, 11) is 0. The molecule has 120 valence electrons. The van der Waals surface area contributed by atoms with Gasteiger partial charge in [0, 0.05) is 0 Å². The first-order valence-corrected chi connectivity index (χ1v) is 9.45. The summed E-state index contributed by atoms with van der Waals surface area (Å²) in [6.07, 6.45) is 11.0. The van der Waals surface area contributed by atoms with Crippen LogP contribution in [0.5, 0.6) is 5.75 Å². The van der Waals surface area contributed by atoms with Crippen LogP contribution in [0.15, 0.2) is 18.2 Å². The van der Waals surface area contributed by atoms with E-state index in [1.807, 2.05) is 12.1 Å². The van der Waals surface area contributed by atoms with Crippen LogP contribution in [0.3, 0.4) is 0 Å². The van der Waals surface area contributed by atoms with Crippen LogP contribution in [0.25, 0.3) is 0 Å². The fraction of sp³-hybridized carbons (Fsp3) is 0.714. The first-order chi connectivity index (χ1) is 10.6. The maximum atomic E-state index is 9.77. The van der Waals surface area contributed by atoms with Crippen molar-refractivity contribution < 1.29 is 5.11 Å². The van der Waals surface area contributed by atoms with Gasteiger partial charge in [-0.1, -0.05) is 32.8 Å². The van der Waals surface area contributed by atoms with Crippen molar-refractivity contribution in [1.82, 2.24) is 0 Å². The molecular weight excluding hydrogens is 268 g/mol. The quantitative estimate of drug-likeness (QED) is 0.746. The van der Waals surface area contributed by atoms with Gasteiger partial charge < -0.3 is 5.11 Å². The number of benzene rings is 1. The van der Waals surface area contributed by atoms with Gasteiger partial charge in [0.05, 0.1) is 0 Å². The first-order valence-electron chi connectivity index (χ1n) is 9.45. The van der Waals surface area contributed by atoms with Gasteiger partial charge in [0.2, 0.25) is 0 Å². The molecule has 0 aromatic heterocycles. The second kappa shape index (κ2) is 5.28. The van der Waals surface area contributed by atoms with E-state index in [1.54, 1.807) is 5.56 Å². The highest BCUT2D eigenvalue weighted by Crippen LogP contribution is 2.63. The van der Waals surface area contributed by atoms with Crippen LogP contribution in [0, 0.1) is 23.2 Å². The van der Waals surface area contributed by atoms with Crippen molar-refractivity contribution in [2.24, 2.45) is 23.2 Å². The highest BCUT2D eigenvalue weighted by molar-refractivity contribution is 5.40. The van der Waals surface area contributed by atoms with Gasteiger partial charge in [0.25, 0.3) is 0 Å². The fourth-order valence-electron chi connectivity index (χ4n) is 6.50. The third kappa shape index (κ3) is 2.04. The van der Waals surface area contributed by atoms with Gasteiger partial charge in [-0.2, -0.15) is 0 Å². The Morgan fingerprint density at radius 1 is 1.18 bits per heavy atom. The predicted molar refractivity (Wildman–Crippen MR) is 91.1 cm³/mol. The molecule has 0 bridgehead atoms. The third-order valence-corrected chi connectivity index (χ3v) is 7.54. The molecule has 3 unspecified atom stereocenters. The normalized spacial score (nSPS) is 39.9. The summed E-state index contributed by atoms with van der Waals surface area (Å²) in [4.78, 5) is 0. The molecular formula is C21H30O. The van der Waals surface area contributed by atoms with E-state index in [-0.39, 0.29) is 0 Å². The van der Waals surface area contributed by atoms with Crippen LogP contribution in [-0.2, 0) is 6.42 Å². The van der Waals surface area contributed by atoms with Crippen molar-refractivity contribution in [3.63, 3.8) is 0 Å². The lowest BCUT2D eigenvalue weighted by atomic mass is 9.54. The monoisotopic (exact) mass is 298 g/mol. The van der Waals surface area contributed by atoms with E-state index in [4.69, 9.17) is 0 Å². The molecule has 1 aromatic carbocycles. The second-order valence-electron chi connectivity index (χ2n) is 8.41. The summed E-state index contributed by atoms with van der Waals surface area (Å²) in [6, 6.07) is 6.15. The van der Waals surface area contributed by atoms with E-state index in [9.17, 15) is 5.11 Å². The third-order valence-electron chi connectivity index (χ3n) is 7.54. The van der Waals surface area contributed by atoms with Crippen LogP contribution in [0.4, 0.5) is 0 Å². The Labute approximate surface area is 135 Å². The average Bonchev–Trinajstić information content (AvgIpc) is 2.84. The molecule has 1 N–H and O–H groups in total. The summed E-state index contributed by atoms with van der Waals surface area (Å²) in [5.41, 5.74) is 3.61. The van der Waals surface area contributed by atoms with Crippen LogP contribution in [0.2, 0.25) is 0 Å². The highest BCUT2D eigenvalue weighted by atomic mass is 16.3. The molecule has 3 aliphatic carbocycles. The number of hydrogen-bond donors (Lipinski definition) is 1. The van der Waals surface area contributed by atoms with Crippen LogP contribution < -0.4 is 0 Å². The average molecular weight is 298 g/mol. The Bertz CT molecular complexity index is 563. The molecule has 1 nitrogen and oxygen atoms in total. The molecule has 1 aromatic rings. The summed E-state index contributed by atoms with van der Waals surface area (Å²) in [5.74, 6) is 4.04. The first kappa shape index (κ1) is 14.6. The van der Waals surface area contributed by atoms with Crippen molar-refractivity contribution in [3.05, 3.63) is 29.3 Å². The predicted octanol–water partition coefficient (Wildman–Crippen LogP) is 5.66. The van der Waals surface area contributed by atoms with E-state index in [0.717, 1.165) is 23.7 Å². The van der Waals surface area contributed by atoms with E-state index >= 15 is 0 Å². The number of phenols is 1. The number of aryl methyl sites for hydroxylation is 1. The molecule has 5 atom stereocenters. The Kier molecular flexibility index (Phi) is 3.51. The van der Waals surface area contributed by atoms with Crippen LogP contribution >= 0.6 is 0 Å². The maximum Gasteiger partial charge on any atom is 0.115 e. The largest absolute Gasteiger partial charge is 0.508 e. The number of phenolic OH excluding ortho intramolecular Hbond substituents is 1. The Hall–Kier alpha value is -0.980. The van der Waals surface area contributed by atoms with Gasteiger partial charge in [0.1, 0.15) is 5.75 Å². The van der Waals surface area contributed by atoms with E-state index < -0.39 is 0 Å². The van der Waals surface area contributed by atoms with Gasteiger partial charge in [-0.15, -0.1) is 0 Å². The zero-order chi connectivity index (χ0) is 15.3. The Morgan fingerprint density at radius 2 is 2.05 bits per heavy atom. The van der Waals surface area contributed by atoms with Crippen molar-refractivity contribution in [1.29, 1.82) is 0 Å². The molecule has 1 heteroatoms. The van der Waals surface area contributed by atoms with Gasteiger partial charge >= 0.3 is 0 Å². The minimum Gasteiger partial charge on any atom is -0.508 e.